The van der Waals surface area contributed by atoms with Gasteiger partial charge in [-0.05, 0) is 48.5 Å². The van der Waals surface area contributed by atoms with Gasteiger partial charge >= 0.3 is 12.4 Å². The van der Waals surface area contributed by atoms with Crippen LogP contribution in [0.5, 0.6) is 17.2 Å². The SMILES string of the molecule is COc1ccc(OC)c(COc2cc(NC(=O)c3cc(C(F)(F)F)cc(C(F)(F)F)c3)ccc2NS(C)(=O)=O)c1. The van der Waals surface area contributed by atoms with Crippen molar-refractivity contribution in [2.75, 3.05) is 30.5 Å². The lowest BCUT2D eigenvalue weighted by Gasteiger charge is -2.17. The Morgan fingerprint density at radius 3 is 1.98 bits per heavy atom. The maximum atomic E-state index is 13.2. The summed E-state index contributed by atoms with van der Waals surface area (Å²) in [5.74, 6) is -0.518. The number of carbonyl (C=O) groups excluding carboxylic acids is 1. The summed E-state index contributed by atoms with van der Waals surface area (Å²) in [7, 11) is -0.946. The molecule has 0 heterocycles. The number of amides is 1. The standard InChI is InChI=1S/C25H22F6N2O6S/c1-37-19-5-7-21(38-2)15(10-19)13-39-22-12-18(4-6-20(22)33-40(3,35)36)32-23(34)14-8-16(24(26,27)28)11-17(9-14)25(29,30)31/h4-12,33H,13H2,1-3H3,(H,32,34). The number of sulfonamides is 1. The van der Waals surface area contributed by atoms with Gasteiger partial charge in [-0.2, -0.15) is 26.3 Å². The Bertz CT molecular complexity index is 1470. The van der Waals surface area contributed by atoms with Crippen LogP contribution in [-0.2, 0) is 29.0 Å². The van der Waals surface area contributed by atoms with Crippen molar-refractivity contribution < 1.29 is 53.8 Å². The van der Waals surface area contributed by atoms with E-state index in [2.05, 4.69) is 10.0 Å². The van der Waals surface area contributed by atoms with Crippen LogP contribution in [-0.4, -0.2) is 34.8 Å². The highest BCUT2D eigenvalue weighted by Crippen LogP contribution is 2.37. The van der Waals surface area contributed by atoms with Gasteiger partial charge in [0.25, 0.3) is 5.91 Å². The van der Waals surface area contributed by atoms with Gasteiger partial charge in [0.05, 0.1) is 37.3 Å². The molecule has 0 radical (unpaired) electrons. The van der Waals surface area contributed by atoms with E-state index in [1.165, 1.54) is 26.4 Å². The number of hydrogen-bond donors (Lipinski definition) is 2. The first-order valence-electron chi connectivity index (χ1n) is 11.1. The van der Waals surface area contributed by atoms with E-state index in [-0.39, 0.29) is 41.9 Å². The van der Waals surface area contributed by atoms with Crippen molar-refractivity contribution in [2.45, 2.75) is 19.0 Å². The third-order valence-electron chi connectivity index (χ3n) is 5.26. The average Bonchev–Trinajstić information content (AvgIpc) is 2.86. The number of halogens is 6. The highest BCUT2D eigenvalue weighted by atomic mass is 32.2. The van der Waals surface area contributed by atoms with E-state index >= 15 is 0 Å². The lowest BCUT2D eigenvalue weighted by Crippen LogP contribution is -2.17. The zero-order chi connectivity index (χ0) is 29.9. The molecule has 0 fully saturated rings. The molecule has 40 heavy (non-hydrogen) atoms. The Morgan fingerprint density at radius 1 is 0.825 bits per heavy atom. The molecule has 0 aliphatic carbocycles. The van der Waals surface area contributed by atoms with Crippen LogP contribution in [0.25, 0.3) is 0 Å². The van der Waals surface area contributed by atoms with Crippen molar-refractivity contribution >= 4 is 27.3 Å². The number of nitrogens with one attached hydrogen (secondary N) is 2. The highest BCUT2D eigenvalue weighted by Gasteiger charge is 2.37. The summed E-state index contributed by atoms with van der Waals surface area (Å²) >= 11 is 0. The van der Waals surface area contributed by atoms with E-state index in [1.807, 2.05) is 0 Å². The lowest BCUT2D eigenvalue weighted by molar-refractivity contribution is -0.143. The Hall–Kier alpha value is -4.14. The van der Waals surface area contributed by atoms with Gasteiger partial charge in [-0.1, -0.05) is 0 Å². The monoisotopic (exact) mass is 592 g/mol. The Labute approximate surface area is 224 Å². The van der Waals surface area contributed by atoms with Gasteiger partial charge in [0.15, 0.2) is 0 Å². The van der Waals surface area contributed by atoms with Gasteiger partial charge in [0.2, 0.25) is 10.0 Å². The molecule has 0 atom stereocenters. The van der Waals surface area contributed by atoms with Crippen molar-refractivity contribution in [1.29, 1.82) is 0 Å². The number of carbonyl (C=O) groups is 1. The molecule has 0 aliphatic heterocycles. The van der Waals surface area contributed by atoms with Crippen LogP contribution in [0.4, 0.5) is 37.7 Å². The molecular weight excluding hydrogens is 570 g/mol. The third kappa shape index (κ3) is 7.94. The second-order valence-electron chi connectivity index (χ2n) is 8.30. The maximum Gasteiger partial charge on any atom is 0.416 e. The van der Waals surface area contributed by atoms with Gasteiger partial charge in [-0.25, -0.2) is 8.42 Å². The Morgan fingerprint density at radius 2 is 1.45 bits per heavy atom. The first-order chi connectivity index (χ1) is 18.5. The third-order valence-corrected chi connectivity index (χ3v) is 5.85. The van der Waals surface area contributed by atoms with E-state index < -0.39 is 45.0 Å². The van der Waals surface area contributed by atoms with Gasteiger partial charge in [0.1, 0.15) is 23.9 Å². The molecule has 216 valence electrons. The minimum Gasteiger partial charge on any atom is -0.497 e. The van der Waals surface area contributed by atoms with Gasteiger partial charge in [0, 0.05) is 22.9 Å². The predicted octanol–water partition coefficient (Wildman–Crippen LogP) is 5.94. The van der Waals surface area contributed by atoms with Crippen LogP contribution < -0.4 is 24.2 Å². The fraction of sp³-hybridized carbons (Fsp3) is 0.240. The number of anilines is 2. The first kappa shape index (κ1) is 30.4. The van der Waals surface area contributed by atoms with Crippen LogP contribution in [0.2, 0.25) is 0 Å². The van der Waals surface area contributed by atoms with Crippen LogP contribution in [0.15, 0.2) is 54.6 Å². The van der Waals surface area contributed by atoms with E-state index in [9.17, 15) is 39.6 Å². The van der Waals surface area contributed by atoms with E-state index in [0.717, 1.165) is 12.3 Å². The number of benzene rings is 3. The summed E-state index contributed by atoms with van der Waals surface area (Å²) in [6.07, 6.45) is -9.40. The van der Waals surface area contributed by atoms with Crippen LogP contribution >= 0.6 is 0 Å². The minimum atomic E-state index is -5.14. The normalized spacial score (nSPS) is 12.0. The summed E-state index contributed by atoms with van der Waals surface area (Å²) in [5.41, 5.74) is -3.88. The number of alkyl halides is 6. The first-order valence-corrected chi connectivity index (χ1v) is 13.0. The number of hydrogen-bond acceptors (Lipinski definition) is 6. The molecule has 15 heteroatoms. The van der Waals surface area contributed by atoms with Crippen LogP contribution in [0.3, 0.4) is 0 Å². The highest BCUT2D eigenvalue weighted by molar-refractivity contribution is 7.92. The Kier molecular flexibility index (Phi) is 8.77. The molecule has 0 aromatic heterocycles. The molecule has 3 rings (SSSR count). The maximum absolute atomic E-state index is 13.2. The van der Waals surface area contributed by atoms with Crippen molar-refractivity contribution in [3.05, 3.63) is 76.9 Å². The quantitative estimate of drug-likeness (QED) is 0.298. The van der Waals surface area contributed by atoms with Gasteiger partial charge < -0.3 is 19.5 Å². The van der Waals surface area contributed by atoms with E-state index in [4.69, 9.17) is 14.2 Å². The van der Waals surface area contributed by atoms with Crippen LogP contribution in [0.1, 0.15) is 27.0 Å². The summed E-state index contributed by atoms with van der Waals surface area (Å²) in [5, 5.41) is 2.21. The molecule has 2 N–H and O–H groups in total. The summed E-state index contributed by atoms with van der Waals surface area (Å²) in [6, 6.07) is 8.84. The number of ether oxygens (including phenoxy) is 3. The number of rotatable bonds is 9. The average molecular weight is 593 g/mol. The van der Waals surface area contributed by atoms with Crippen molar-refractivity contribution in [3.8, 4) is 17.2 Å². The molecule has 3 aromatic carbocycles. The summed E-state index contributed by atoms with van der Waals surface area (Å²) in [4.78, 5) is 12.7. The predicted molar refractivity (Wildman–Crippen MR) is 133 cm³/mol. The zero-order valence-electron chi connectivity index (χ0n) is 21.0. The number of methoxy groups -OCH3 is 2. The molecule has 0 unspecified atom stereocenters. The van der Waals surface area contributed by atoms with Gasteiger partial charge in [-0.3, -0.25) is 9.52 Å². The van der Waals surface area contributed by atoms with Crippen molar-refractivity contribution in [3.63, 3.8) is 0 Å². The minimum absolute atomic E-state index is 0.0548. The molecule has 8 nitrogen and oxygen atoms in total. The second-order valence-corrected chi connectivity index (χ2v) is 10.0. The largest absolute Gasteiger partial charge is 0.497 e. The van der Waals surface area contributed by atoms with Gasteiger partial charge in [-0.15, -0.1) is 0 Å². The Balaban J connectivity index is 1.96. The van der Waals surface area contributed by atoms with Crippen molar-refractivity contribution in [2.24, 2.45) is 0 Å². The fourth-order valence-corrected chi connectivity index (χ4v) is 4.01. The molecule has 1 amide bonds. The molecule has 0 aliphatic rings. The summed E-state index contributed by atoms with van der Waals surface area (Å²) in [6.45, 7) is -0.182. The smallest absolute Gasteiger partial charge is 0.416 e. The van der Waals surface area contributed by atoms with E-state index in [1.54, 1.807) is 18.2 Å². The molecule has 0 saturated heterocycles. The van der Waals surface area contributed by atoms with Crippen molar-refractivity contribution in [1.82, 2.24) is 0 Å². The van der Waals surface area contributed by atoms with Crippen LogP contribution in [0, 0.1) is 0 Å². The molecule has 0 saturated carbocycles. The molecule has 0 bridgehead atoms. The van der Waals surface area contributed by atoms with E-state index in [0.29, 0.717) is 17.1 Å². The topological polar surface area (TPSA) is 103 Å². The zero-order valence-corrected chi connectivity index (χ0v) is 21.8. The summed E-state index contributed by atoms with van der Waals surface area (Å²) < 4.78 is 121. The fourth-order valence-electron chi connectivity index (χ4n) is 3.44. The molecule has 0 spiro atoms. The lowest BCUT2D eigenvalue weighted by atomic mass is 10.0. The second kappa shape index (κ2) is 11.5. The molecular formula is C25H22F6N2O6S. The molecule has 3 aromatic rings.